The van der Waals surface area contributed by atoms with E-state index in [2.05, 4.69) is 10.4 Å². The maximum absolute atomic E-state index is 12.7. The molecule has 0 saturated carbocycles. The molecule has 8 heteroatoms. The van der Waals surface area contributed by atoms with Crippen molar-refractivity contribution in [3.8, 4) is 0 Å². The Labute approximate surface area is 172 Å². The van der Waals surface area contributed by atoms with Crippen molar-refractivity contribution in [3.63, 3.8) is 0 Å². The van der Waals surface area contributed by atoms with Crippen LogP contribution in [-0.4, -0.2) is 32.6 Å². The Bertz CT molecular complexity index is 1080. The summed E-state index contributed by atoms with van der Waals surface area (Å²) < 4.78 is 3.23. The van der Waals surface area contributed by atoms with Crippen LogP contribution in [0.2, 0.25) is 0 Å². The number of carbonyl (C=O) groups excluding carboxylic acids is 2. The average molecular weight is 410 g/mol. The Hall–Kier alpha value is -3.00. The van der Waals surface area contributed by atoms with Crippen molar-refractivity contribution in [1.29, 1.82) is 0 Å². The van der Waals surface area contributed by atoms with Crippen LogP contribution in [0.1, 0.15) is 50.7 Å². The minimum atomic E-state index is -0.290. The molecule has 0 aliphatic carbocycles. The molecule has 1 aliphatic rings. The quantitative estimate of drug-likeness (QED) is 0.479. The van der Waals surface area contributed by atoms with E-state index in [0.29, 0.717) is 35.5 Å². The molecule has 7 nitrogen and oxygen atoms in total. The topological polar surface area (TPSA) is 86.0 Å². The van der Waals surface area contributed by atoms with Crippen LogP contribution in [-0.2, 0) is 19.5 Å². The monoisotopic (exact) mass is 410 g/mol. The van der Waals surface area contributed by atoms with Gasteiger partial charge in [-0.3, -0.25) is 14.2 Å². The largest absolute Gasteiger partial charge is 0.352 e. The molecule has 3 heterocycles. The van der Waals surface area contributed by atoms with E-state index in [1.807, 2.05) is 11.4 Å². The normalized spacial score (nSPS) is 13.1. The summed E-state index contributed by atoms with van der Waals surface area (Å²) in [7, 11) is 0. The van der Waals surface area contributed by atoms with E-state index in [4.69, 9.17) is 0 Å². The molecule has 1 aliphatic heterocycles. The number of benzene rings is 1. The van der Waals surface area contributed by atoms with E-state index < -0.39 is 0 Å². The van der Waals surface area contributed by atoms with Crippen LogP contribution in [0.5, 0.6) is 0 Å². The third kappa shape index (κ3) is 4.07. The molecule has 0 fully saturated rings. The maximum atomic E-state index is 12.7. The van der Waals surface area contributed by atoms with E-state index in [1.165, 1.54) is 16.0 Å². The SMILES string of the molecule is O=C(NCCCn1nc2n(c1=O)CCCC2)c1ccccc1C(=O)c1cccs1. The molecule has 1 amide bonds. The summed E-state index contributed by atoms with van der Waals surface area (Å²) in [4.78, 5) is 38.2. The minimum Gasteiger partial charge on any atom is -0.352 e. The molecule has 2 aromatic heterocycles. The van der Waals surface area contributed by atoms with Gasteiger partial charge in [0.05, 0.1) is 10.4 Å². The molecule has 3 aromatic rings. The van der Waals surface area contributed by atoms with Gasteiger partial charge in [-0.05, 0) is 36.8 Å². The number of aryl methyl sites for hydroxylation is 2. The number of aromatic nitrogens is 3. The van der Waals surface area contributed by atoms with Gasteiger partial charge < -0.3 is 5.32 Å². The third-order valence-corrected chi connectivity index (χ3v) is 5.89. The second-order valence-electron chi connectivity index (χ2n) is 6.99. The first kappa shape index (κ1) is 19.3. The van der Waals surface area contributed by atoms with Crippen molar-refractivity contribution in [2.45, 2.75) is 38.8 Å². The van der Waals surface area contributed by atoms with Gasteiger partial charge in [0.25, 0.3) is 5.91 Å². The summed E-state index contributed by atoms with van der Waals surface area (Å²) in [5, 5.41) is 9.09. The molecule has 1 N–H and O–H groups in total. The fourth-order valence-electron chi connectivity index (χ4n) is 3.54. The second kappa shape index (κ2) is 8.57. The van der Waals surface area contributed by atoms with Gasteiger partial charge in [-0.15, -0.1) is 11.3 Å². The molecule has 0 spiro atoms. The number of hydrogen-bond acceptors (Lipinski definition) is 5. The Morgan fingerprint density at radius 1 is 1.10 bits per heavy atom. The first-order valence-electron chi connectivity index (χ1n) is 9.77. The number of ketones is 1. The Balaban J connectivity index is 1.37. The van der Waals surface area contributed by atoms with Crippen LogP contribution in [0.25, 0.3) is 0 Å². The first-order valence-corrected chi connectivity index (χ1v) is 10.6. The van der Waals surface area contributed by atoms with Crippen molar-refractivity contribution < 1.29 is 9.59 Å². The van der Waals surface area contributed by atoms with Gasteiger partial charge in [-0.1, -0.05) is 24.3 Å². The summed E-state index contributed by atoms with van der Waals surface area (Å²) in [6, 6.07) is 10.4. The predicted octanol–water partition coefficient (Wildman–Crippen LogP) is 2.49. The number of hydrogen-bond donors (Lipinski definition) is 1. The lowest BCUT2D eigenvalue weighted by molar-refractivity contribution is 0.0941. The zero-order valence-corrected chi connectivity index (χ0v) is 16.8. The number of carbonyl (C=O) groups is 2. The molecule has 150 valence electrons. The lowest BCUT2D eigenvalue weighted by Gasteiger charge is -2.09. The molecule has 0 saturated heterocycles. The van der Waals surface area contributed by atoms with Gasteiger partial charge in [0.2, 0.25) is 5.78 Å². The molecule has 4 rings (SSSR count). The van der Waals surface area contributed by atoms with Crippen LogP contribution >= 0.6 is 11.3 Å². The molecule has 0 atom stereocenters. The Morgan fingerprint density at radius 3 is 2.69 bits per heavy atom. The standard InChI is InChI=1S/C21H22N4O3S/c26-19(17-9-5-14-29-17)15-7-1-2-8-16(15)20(27)22-11-6-13-25-21(28)24-12-4-3-10-18(24)23-25/h1-2,5,7-9,14H,3-4,6,10-13H2,(H,22,27). The number of fused-ring (bicyclic) bond motifs is 1. The number of nitrogens with one attached hydrogen (secondary N) is 1. The summed E-state index contributed by atoms with van der Waals surface area (Å²) in [6.07, 6.45) is 3.51. The highest BCUT2D eigenvalue weighted by Gasteiger charge is 2.19. The van der Waals surface area contributed by atoms with Crippen LogP contribution < -0.4 is 11.0 Å². The van der Waals surface area contributed by atoms with Crippen molar-refractivity contribution in [2.75, 3.05) is 6.54 Å². The predicted molar refractivity (Wildman–Crippen MR) is 111 cm³/mol. The van der Waals surface area contributed by atoms with Crippen LogP contribution in [0.15, 0.2) is 46.6 Å². The highest BCUT2D eigenvalue weighted by Crippen LogP contribution is 2.18. The number of amides is 1. The Morgan fingerprint density at radius 2 is 1.93 bits per heavy atom. The number of thiophene rings is 1. The van der Waals surface area contributed by atoms with Crippen LogP contribution in [0.3, 0.4) is 0 Å². The van der Waals surface area contributed by atoms with Gasteiger partial charge in [0.1, 0.15) is 5.82 Å². The van der Waals surface area contributed by atoms with Crippen molar-refractivity contribution in [2.24, 2.45) is 0 Å². The van der Waals surface area contributed by atoms with Crippen molar-refractivity contribution in [1.82, 2.24) is 19.7 Å². The number of rotatable bonds is 7. The molecule has 0 radical (unpaired) electrons. The highest BCUT2D eigenvalue weighted by molar-refractivity contribution is 7.12. The zero-order chi connectivity index (χ0) is 20.2. The van der Waals surface area contributed by atoms with E-state index in [1.54, 1.807) is 34.9 Å². The van der Waals surface area contributed by atoms with E-state index in [0.717, 1.165) is 31.6 Å². The Kier molecular flexibility index (Phi) is 5.71. The first-order chi connectivity index (χ1) is 14.1. The second-order valence-corrected chi connectivity index (χ2v) is 7.94. The average Bonchev–Trinajstić information content (AvgIpc) is 3.39. The van der Waals surface area contributed by atoms with Gasteiger partial charge in [0.15, 0.2) is 0 Å². The fraction of sp³-hybridized carbons (Fsp3) is 0.333. The lowest BCUT2D eigenvalue weighted by atomic mass is 10.0. The van der Waals surface area contributed by atoms with E-state index in [9.17, 15) is 14.4 Å². The van der Waals surface area contributed by atoms with Gasteiger partial charge >= 0.3 is 5.69 Å². The summed E-state index contributed by atoms with van der Waals surface area (Å²) >= 11 is 1.36. The smallest absolute Gasteiger partial charge is 0.345 e. The maximum Gasteiger partial charge on any atom is 0.345 e. The zero-order valence-electron chi connectivity index (χ0n) is 16.0. The fourth-order valence-corrected chi connectivity index (χ4v) is 4.22. The molecule has 0 unspecified atom stereocenters. The van der Waals surface area contributed by atoms with Crippen molar-refractivity contribution in [3.05, 3.63) is 74.1 Å². The lowest BCUT2D eigenvalue weighted by Crippen LogP contribution is -2.30. The molecule has 29 heavy (non-hydrogen) atoms. The van der Waals surface area contributed by atoms with Gasteiger partial charge in [-0.25, -0.2) is 9.48 Å². The molecule has 1 aromatic carbocycles. The summed E-state index contributed by atoms with van der Waals surface area (Å²) in [6.45, 7) is 1.59. The summed E-state index contributed by atoms with van der Waals surface area (Å²) in [5.74, 6) is 0.411. The molecule has 0 bridgehead atoms. The molecular formula is C21H22N4O3S. The number of nitrogens with zero attached hydrogens (tertiary/aromatic N) is 3. The van der Waals surface area contributed by atoms with Crippen molar-refractivity contribution >= 4 is 23.0 Å². The van der Waals surface area contributed by atoms with Gasteiger partial charge in [0, 0.05) is 31.6 Å². The van der Waals surface area contributed by atoms with Crippen LogP contribution in [0.4, 0.5) is 0 Å². The highest BCUT2D eigenvalue weighted by atomic mass is 32.1. The van der Waals surface area contributed by atoms with E-state index >= 15 is 0 Å². The summed E-state index contributed by atoms with van der Waals surface area (Å²) in [5.41, 5.74) is 0.684. The van der Waals surface area contributed by atoms with Crippen LogP contribution in [0, 0.1) is 0 Å². The minimum absolute atomic E-state index is 0.0714. The third-order valence-electron chi connectivity index (χ3n) is 5.03. The van der Waals surface area contributed by atoms with E-state index in [-0.39, 0.29) is 17.4 Å². The van der Waals surface area contributed by atoms with Gasteiger partial charge in [-0.2, -0.15) is 5.10 Å². The molecular weight excluding hydrogens is 388 g/mol.